The Hall–Kier alpha value is -1.60. The van der Waals surface area contributed by atoms with Gasteiger partial charge in [-0.1, -0.05) is 15.9 Å². The van der Waals surface area contributed by atoms with Crippen molar-refractivity contribution < 1.29 is 14.7 Å². The van der Waals surface area contributed by atoms with Crippen molar-refractivity contribution >= 4 is 49.4 Å². The average Bonchev–Trinajstić information content (AvgIpc) is 2.73. The molecule has 2 rings (SSSR count). The van der Waals surface area contributed by atoms with Crippen molar-refractivity contribution in [2.75, 3.05) is 5.32 Å². The first-order valence-corrected chi connectivity index (χ1v) is 7.16. The summed E-state index contributed by atoms with van der Waals surface area (Å²) in [5, 5.41) is 11.7. The molecule has 0 spiro atoms. The van der Waals surface area contributed by atoms with E-state index < -0.39 is 5.97 Å². The Morgan fingerprint density at radius 1 is 1.30 bits per heavy atom. The summed E-state index contributed by atoms with van der Waals surface area (Å²) >= 11 is 6.58. The number of aromatic nitrogens is 1. The number of nitrogens with one attached hydrogen (secondary N) is 2. The number of benzene rings is 1. The molecule has 1 amide bonds. The van der Waals surface area contributed by atoms with Crippen LogP contribution in [0.15, 0.2) is 33.3 Å². The van der Waals surface area contributed by atoms with Crippen LogP contribution < -0.4 is 5.32 Å². The lowest BCUT2D eigenvalue weighted by Gasteiger charge is -2.07. The molecule has 0 unspecified atom stereocenters. The van der Waals surface area contributed by atoms with Gasteiger partial charge in [-0.15, -0.1) is 0 Å². The first-order chi connectivity index (χ1) is 9.40. The molecular weight excluding hydrogens is 392 g/mol. The zero-order valence-corrected chi connectivity index (χ0v) is 13.5. The maximum absolute atomic E-state index is 12.2. The highest BCUT2D eigenvalue weighted by molar-refractivity contribution is 9.11. The van der Waals surface area contributed by atoms with E-state index in [9.17, 15) is 9.59 Å². The van der Waals surface area contributed by atoms with Gasteiger partial charge in [0.25, 0.3) is 5.91 Å². The van der Waals surface area contributed by atoms with Crippen LogP contribution in [0.4, 0.5) is 5.69 Å². The summed E-state index contributed by atoms with van der Waals surface area (Å²) < 4.78 is 1.39. The number of anilines is 1. The van der Waals surface area contributed by atoms with Crippen molar-refractivity contribution in [1.82, 2.24) is 4.98 Å². The number of carboxylic acids is 1. The Balaban J connectivity index is 2.33. The van der Waals surface area contributed by atoms with Crippen LogP contribution in [-0.4, -0.2) is 22.0 Å². The zero-order valence-electron chi connectivity index (χ0n) is 10.3. The molecule has 0 radical (unpaired) electrons. The molecule has 20 heavy (non-hydrogen) atoms. The minimum absolute atomic E-state index is 0.0597. The highest BCUT2D eigenvalue weighted by atomic mass is 79.9. The molecule has 0 aliphatic heterocycles. The Morgan fingerprint density at radius 2 is 2.00 bits per heavy atom. The van der Waals surface area contributed by atoms with Gasteiger partial charge in [0, 0.05) is 20.8 Å². The van der Waals surface area contributed by atoms with Gasteiger partial charge < -0.3 is 15.4 Å². The summed E-state index contributed by atoms with van der Waals surface area (Å²) in [4.78, 5) is 26.1. The summed E-state index contributed by atoms with van der Waals surface area (Å²) in [6, 6.07) is 5.18. The largest absolute Gasteiger partial charge is 0.478 e. The van der Waals surface area contributed by atoms with Gasteiger partial charge in [0.05, 0.1) is 11.3 Å². The van der Waals surface area contributed by atoms with Crippen LogP contribution in [0.25, 0.3) is 0 Å². The van der Waals surface area contributed by atoms with E-state index in [2.05, 4.69) is 42.2 Å². The monoisotopic (exact) mass is 400 g/mol. The molecule has 0 aliphatic carbocycles. The van der Waals surface area contributed by atoms with Gasteiger partial charge in [-0.05, 0) is 41.1 Å². The van der Waals surface area contributed by atoms with Crippen LogP contribution in [0.3, 0.4) is 0 Å². The topological polar surface area (TPSA) is 82.2 Å². The number of carboxylic acid groups (broad SMARTS) is 1. The number of aryl methyl sites for hydroxylation is 1. The lowest BCUT2D eigenvalue weighted by atomic mass is 10.2. The van der Waals surface area contributed by atoms with E-state index in [1.807, 2.05) is 0 Å². The minimum atomic E-state index is -1.09. The summed E-state index contributed by atoms with van der Waals surface area (Å²) in [5.41, 5.74) is 1.20. The molecule has 0 atom stereocenters. The van der Waals surface area contributed by atoms with Crippen LogP contribution >= 0.6 is 31.9 Å². The van der Waals surface area contributed by atoms with Gasteiger partial charge in [0.2, 0.25) is 0 Å². The van der Waals surface area contributed by atoms with E-state index in [0.717, 1.165) is 4.47 Å². The predicted molar refractivity (Wildman–Crippen MR) is 82.3 cm³/mol. The van der Waals surface area contributed by atoms with Gasteiger partial charge in [-0.25, -0.2) is 4.79 Å². The van der Waals surface area contributed by atoms with Crippen LogP contribution in [0.1, 0.15) is 26.4 Å². The van der Waals surface area contributed by atoms with Crippen molar-refractivity contribution in [1.29, 1.82) is 0 Å². The molecule has 1 aromatic carbocycles. The van der Waals surface area contributed by atoms with E-state index in [0.29, 0.717) is 15.7 Å². The fourth-order valence-corrected chi connectivity index (χ4v) is 2.55. The third kappa shape index (κ3) is 2.94. The Bertz CT molecular complexity index is 695. The fraction of sp³-hybridized carbons (Fsp3) is 0.0769. The first-order valence-electron chi connectivity index (χ1n) is 5.58. The van der Waals surface area contributed by atoms with Gasteiger partial charge in [-0.2, -0.15) is 0 Å². The van der Waals surface area contributed by atoms with Crippen molar-refractivity contribution in [3.05, 3.63) is 50.2 Å². The molecule has 0 saturated carbocycles. The van der Waals surface area contributed by atoms with Crippen LogP contribution in [-0.2, 0) is 0 Å². The van der Waals surface area contributed by atoms with Gasteiger partial charge in [-0.3, -0.25) is 4.79 Å². The van der Waals surface area contributed by atoms with Crippen LogP contribution in [0.5, 0.6) is 0 Å². The number of amides is 1. The number of aromatic amines is 1. The molecule has 0 aliphatic rings. The fourth-order valence-electron chi connectivity index (χ4n) is 1.76. The number of H-pyrrole nitrogens is 1. The Labute approximate surface area is 131 Å². The summed E-state index contributed by atoms with van der Waals surface area (Å²) in [6.07, 6.45) is 1.46. The zero-order chi connectivity index (χ0) is 14.9. The molecule has 1 aromatic heterocycles. The standard InChI is InChI=1S/C13H10Br2N2O3/c1-6-11(13(19)20)10(5-16-6)17-12(18)8-4-7(14)2-3-9(8)15/h2-5,16H,1H3,(H,17,18)(H,19,20). The summed E-state index contributed by atoms with van der Waals surface area (Å²) in [5.74, 6) is -1.48. The van der Waals surface area contributed by atoms with E-state index in [1.165, 1.54) is 6.20 Å². The number of halogens is 2. The Morgan fingerprint density at radius 3 is 2.65 bits per heavy atom. The van der Waals surface area contributed by atoms with Gasteiger partial charge in [0.15, 0.2) is 0 Å². The molecule has 2 aromatic rings. The lowest BCUT2D eigenvalue weighted by Crippen LogP contribution is -2.14. The SMILES string of the molecule is Cc1[nH]cc(NC(=O)c2cc(Br)ccc2Br)c1C(=O)O. The van der Waals surface area contributed by atoms with Crippen LogP contribution in [0.2, 0.25) is 0 Å². The molecule has 7 heteroatoms. The second-order valence-corrected chi connectivity index (χ2v) is 5.86. The molecule has 5 nitrogen and oxygen atoms in total. The van der Waals surface area contributed by atoms with Crippen molar-refractivity contribution in [2.24, 2.45) is 0 Å². The smallest absolute Gasteiger partial charge is 0.339 e. The van der Waals surface area contributed by atoms with Crippen LogP contribution in [0, 0.1) is 6.92 Å². The highest BCUT2D eigenvalue weighted by Crippen LogP contribution is 2.24. The summed E-state index contributed by atoms with van der Waals surface area (Å²) in [6.45, 7) is 1.63. The Kier molecular flexibility index (Phi) is 4.29. The lowest BCUT2D eigenvalue weighted by molar-refractivity contribution is 0.0697. The average molecular weight is 402 g/mol. The predicted octanol–water partition coefficient (Wildman–Crippen LogP) is 3.80. The van der Waals surface area contributed by atoms with Crippen molar-refractivity contribution in [3.8, 4) is 0 Å². The summed E-state index contributed by atoms with van der Waals surface area (Å²) in [7, 11) is 0. The van der Waals surface area contributed by atoms with Crippen molar-refractivity contribution in [3.63, 3.8) is 0 Å². The number of rotatable bonds is 3. The third-order valence-electron chi connectivity index (χ3n) is 2.71. The maximum Gasteiger partial charge on any atom is 0.339 e. The first kappa shape index (κ1) is 14.8. The normalized spacial score (nSPS) is 10.3. The van der Waals surface area contributed by atoms with E-state index >= 15 is 0 Å². The second-order valence-electron chi connectivity index (χ2n) is 4.09. The maximum atomic E-state index is 12.2. The minimum Gasteiger partial charge on any atom is -0.478 e. The molecule has 0 fully saturated rings. The third-order valence-corrected chi connectivity index (χ3v) is 3.90. The number of aromatic carboxylic acids is 1. The van der Waals surface area contributed by atoms with Gasteiger partial charge in [0.1, 0.15) is 5.56 Å². The van der Waals surface area contributed by atoms with E-state index in [4.69, 9.17) is 5.11 Å². The number of hydrogen-bond donors (Lipinski definition) is 3. The van der Waals surface area contributed by atoms with E-state index in [1.54, 1.807) is 25.1 Å². The quantitative estimate of drug-likeness (QED) is 0.731. The highest BCUT2D eigenvalue weighted by Gasteiger charge is 2.18. The van der Waals surface area contributed by atoms with Gasteiger partial charge >= 0.3 is 5.97 Å². The second kappa shape index (κ2) is 5.80. The van der Waals surface area contributed by atoms with Crippen molar-refractivity contribution in [2.45, 2.75) is 6.92 Å². The molecule has 0 saturated heterocycles. The number of carbonyl (C=O) groups excluding carboxylic acids is 1. The molecule has 104 valence electrons. The molecule has 3 N–H and O–H groups in total. The van der Waals surface area contributed by atoms with E-state index in [-0.39, 0.29) is 17.2 Å². The molecule has 0 bridgehead atoms. The molecular formula is C13H10Br2N2O3. The number of carbonyl (C=O) groups is 2. The number of hydrogen-bond acceptors (Lipinski definition) is 2. The molecule has 1 heterocycles.